The molecule has 0 aromatic heterocycles. The van der Waals surface area contributed by atoms with Crippen molar-refractivity contribution >= 4 is 12.4 Å². The highest BCUT2D eigenvalue weighted by molar-refractivity contribution is 6.73. The minimum absolute atomic E-state index is 0.532. The molecule has 94 valence electrons. The number of ether oxygens (including phenoxy) is 1. The molecule has 0 saturated carbocycles. The van der Waals surface area contributed by atoms with E-state index in [1.165, 1.54) is 0 Å². The zero-order chi connectivity index (χ0) is 12.3. The van der Waals surface area contributed by atoms with Gasteiger partial charge >= 0.3 is 6.98 Å². The van der Waals surface area contributed by atoms with Gasteiger partial charge in [0.25, 0.3) is 0 Å². The Kier molecular flexibility index (Phi) is 3.74. The standard InChI is InChI=1S/C11H14BF3NO/c13-12(14,15)11-3-1-10(2-4-11)9-16-5-7-17-8-6-16/h1-4H,5-9H2/q-1. The lowest BCUT2D eigenvalue weighted by Gasteiger charge is -2.26. The van der Waals surface area contributed by atoms with Crippen molar-refractivity contribution in [2.45, 2.75) is 6.54 Å². The lowest BCUT2D eigenvalue weighted by molar-refractivity contribution is 0.0342. The topological polar surface area (TPSA) is 12.5 Å². The van der Waals surface area contributed by atoms with Gasteiger partial charge in [0.2, 0.25) is 0 Å². The molecule has 1 aromatic rings. The van der Waals surface area contributed by atoms with E-state index < -0.39 is 12.4 Å². The van der Waals surface area contributed by atoms with E-state index in [1.54, 1.807) is 12.1 Å². The first kappa shape index (κ1) is 12.5. The summed E-state index contributed by atoms with van der Waals surface area (Å²) in [4.78, 5) is 2.18. The van der Waals surface area contributed by atoms with Crippen LogP contribution in [0.2, 0.25) is 0 Å². The van der Waals surface area contributed by atoms with Crippen molar-refractivity contribution in [1.29, 1.82) is 0 Å². The molecule has 6 heteroatoms. The van der Waals surface area contributed by atoms with Crippen molar-refractivity contribution in [2.24, 2.45) is 0 Å². The minimum Gasteiger partial charge on any atom is -0.445 e. The van der Waals surface area contributed by atoms with E-state index in [9.17, 15) is 12.9 Å². The van der Waals surface area contributed by atoms with E-state index in [1.807, 2.05) is 0 Å². The minimum atomic E-state index is -4.88. The van der Waals surface area contributed by atoms with Gasteiger partial charge in [-0.3, -0.25) is 4.90 Å². The number of hydrogen-bond donors (Lipinski definition) is 0. The summed E-state index contributed by atoms with van der Waals surface area (Å²) in [6.07, 6.45) is 0. The second kappa shape index (κ2) is 5.10. The summed E-state index contributed by atoms with van der Waals surface area (Å²) >= 11 is 0. The monoisotopic (exact) mass is 244 g/mol. The Labute approximate surface area is 98.4 Å². The Morgan fingerprint density at radius 1 is 1.06 bits per heavy atom. The number of hydrogen-bond acceptors (Lipinski definition) is 2. The predicted molar refractivity (Wildman–Crippen MR) is 61.3 cm³/mol. The Bertz CT molecular complexity index is 360. The molecular weight excluding hydrogens is 230 g/mol. The van der Waals surface area contributed by atoms with Gasteiger partial charge in [0.05, 0.1) is 13.2 Å². The zero-order valence-electron chi connectivity index (χ0n) is 9.41. The van der Waals surface area contributed by atoms with Gasteiger partial charge in [-0.2, -0.15) is 0 Å². The summed E-state index contributed by atoms with van der Waals surface area (Å²) in [5.74, 6) is 0. The molecule has 1 aromatic carbocycles. The van der Waals surface area contributed by atoms with Crippen LogP contribution in [0.5, 0.6) is 0 Å². The van der Waals surface area contributed by atoms with E-state index in [4.69, 9.17) is 4.74 Å². The smallest absolute Gasteiger partial charge is 0.445 e. The average molecular weight is 244 g/mol. The molecule has 0 atom stereocenters. The molecule has 0 N–H and O–H groups in total. The zero-order valence-corrected chi connectivity index (χ0v) is 9.41. The molecule has 0 bridgehead atoms. The third-order valence-corrected chi connectivity index (χ3v) is 2.87. The van der Waals surface area contributed by atoms with Gasteiger partial charge < -0.3 is 17.7 Å². The molecule has 1 aliphatic rings. The van der Waals surface area contributed by atoms with E-state index in [2.05, 4.69) is 4.90 Å². The predicted octanol–water partition coefficient (Wildman–Crippen LogP) is 1.57. The highest BCUT2D eigenvalue weighted by atomic mass is 19.4. The molecular formula is C11H14BF3NO-. The highest BCUT2D eigenvalue weighted by Gasteiger charge is 2.24. The summed E-state index contributed by atoms with van der Waals surface area (Å²) in [5, 5.41) is 0. The van der Waals surface area contributed by atoms with Crippen LogP contribution in [0, 0.1) is 0 Å². The fraction of sp³-hybridized carbons (Fsp3) is 0.455. The van der Waals surface area contributed by atoms with Gasteiger partial charge in [-0.05, 0) is 5.56 Å². The Balaban J connectivity index is 1.98. The van der Waals surface area contributed by atoms with E-state index >= 15 is 0 Å². The van der Waals surface area contributed by atoms with Crippen LogP contribution >= 0.6 is 0 Å². The quantitative estimate of drug-likeness (QED) is 0.748. The number of benzene rings is 1. The second-order valence-corrected chi connectivity index (χ2v) is 4.20. The summed E-state index contributed by atoms with van der Waals surface area (Å²) in [7, 11) is 0. The SMILES string of the molecule is F[B-](F)(F)c1ccc(CN2CCOCC2)cc1. The van der Waals surface area contributed by atoms with E-state index in [0.717, 1.165) is 30.8 Å². The van der Waals surface area contributed by atoms with Crippen molar-refractivity contribution in [1.82, 2.24) is 4.90 Å². The van der Waals surface area contributed by atoms with Crippen LogP contribution in [-0.4, -0.2) is 38.2 Å². The third kappa shape index (κ3) is 3.47. The van der Waals surface area contributed by atoms with Crippen LogP contribution in [0.1, 0.15) is 5.56 Å². The summed E-state index contributed by atoms with van der Waals surface area (Å²) < 4.78 is 42.5. The fourth-order valence-electron chi connectivity index (χ4n) is 1.86. The van der Waals surface area contributed by atoms with Gasteiger partial charge in [-0.25, -0.2) is 0 Å². The van der Waals surface area contributed by atoms with Gasteiger partial charge in [0.1, 0.15) is 0 Å². The Hall–Kier alpha value is -1.01. The number of morpholine rings is 1. The maximum Gasteiger partial charge on any atom is 0.509 e. The van der Waals surface area contributed by atoms with Crippen LogP contribution in [0.25, 0.3) is 0 Å². The van der Waals surface area contributed by atoms with Crippen LogP contribution < -0.4 is 5.46 Å². The average Bonchev–Trinajstić information content (AvgIpc) is 2.30. The second-order valence-electron chi connectivity index (χ2n) is 4.20. The largest absolute Gasteiger partial charge is 0.509 e. The van der Waals surface area contributed by atoms with Gasteiger partial charge in [-0.1, -0.05) is 24.3 Å². The molecule has 2 rings (SSSR count). The lowest BCUT2D eigenvalue weighted by atomic mass is 9.80. The molecule has 0 radical (unpaired) electrons. The Morgan fingerprint density at radius 2 is 1.65 bits per heavy atom. The van der Waals surface area contributed by atoms with Crippen LogP contribution in [0.3, 0.4) is 0 Å². The summed E-state index contributed by atoms with van der Waals surface area (Å²) in [6.45, 7) is -1.12. The highest BCUT2D eigenvalue weighted by Crippen LogP contribution is 2.11. The van der Waals surface area contributed by atoms with E-state index in [-0.39, 0.29) is 0 Å². The molecule has 2 nitrogen and oxygen atoms in total. The van der Waals surface area contributed by atoms with Crippen molar-refractivity contribution in [3.05, 3.63) is 29.8 Å². The maximum atomic E-state index is 12.4. The number of halogens is 3. The first-order valence-corrected chi connectivity index (χ1v) is 5.64. The van der Waals surface area contributed by atoms with Crippen LogP contribution in [0.4, 0.5) is 12.9 Å². The molecule has 0 unspecified atom stereocenters. The fourth-order valence-corrected chi connectivity index (χ4v) is 1.86. The summed E-state index contributed by atoms with van der Waals surface area (Å²) in [6, 6.07) is 5.44. The molecule has 17 heavy (non-hydrogen) atoms. The molecule has 0 aliphatic carbocycles. The first-order valence-electron chi connectivity index (χ1n) is 5.64. The first-order chi connectivity index (χ1) is 8.05. The van der Waals surface area contributed by atoms with Crippen molar-refractivity contribution in [2.75, 3.05) is 26.3 Å². The number of nitrogens with zero attached hydrogens (tertiary/aromatic N) is 1. The van der Waals surface area contributed by atoms with Crippen LogP contribution in [0.15, 0.2) is 24.3 Å². The van der Waals surface area contributed by atoms with Crippen LogP contribution in [-0.2, 0) is 11.3 Å². The maximum absolute atomic E-state index is 12.4. The van der Waals surface area contributed by atoms with Crippen molar-refractivity contribution in [3.63, 3.8) is 0 Å². The molecule has 0 spiro atoms. The van der Waals surface area contributed by atoms with Crippen molar-refractivity contribution in [3.8, 4) is 0 Å². The Morgan fingerprint density at radius 3 is 2.18 bits per heavy atom. The van der Waals surface area contributed by atoms with E-state index in [0.29, 0.717) is 19.8 Å². The van der Waals surface area contributed by atoms with Gasteiger partial charge in [0.15, 0.2) is 0 Å². The molecule has 1 saturated heterocycles. The molecule has 1 aliphatic heterocycles. The third-order valence-electron chi connectivity index (χ3n) is 2.87. The number of rotatable bonds is 3. The molecule has 1 heterocycles. The van der Waals surface area contributed by atoms with Crippen molar-refractivity contribution < 1.29 is 17.7 Å². The summed E-state index contributed by atoms with van der Waals surface area (Å²) in [5.41, 5.74) is 0.381. The lowest BCUT2D eigenvalue weighted by Crippen LogP contribution is -2.36. The van der Waals surface area contributed by atoms with Gasteiger partial charge in [-0.15, -0.1) is 5.46 Å². The van der Waals surface area contributed by atoms with Gasteiger partial charge in [0, 0.05) is 19.6 Å². The molecule has 1 fully saturated rings. The molecule has 0 amide bonds. The normalized spacial score (nSPS) is 18.3.